The van der Waals surface area contributed by atoms with Crippen LogP contribution in [0.5, 0.6) is 11.5 Å². The molecule has 1 heterocycles. The standard InChI is InChI=1S/C26H25N3O5/c1-32-21-11-12-24-19(15-21)16-25(34-24)29(17-30)13-4-14-33-20-9-7-18(8-10-20)26(31)28-23-6-3-2-5-22(23)27/h2-3,5-12,15-17H,4,13-14,27H2,1H3,(H,28,31). The number of nitrogens with one attached hydrogen (secondary N) is 1. The number of furan rings is 1. The molecule has 1 aromatic heterocycles. The molecule has 0 bridgehead atoms. The van der Waals surface area contributed by atoms with E-state index in [4.69, 9.17) is 19.6 Å². The summed E-state index contributed by atoms with van der Waals surface area (Å²) in [6, 6.07) is 21.2. The normalized spacial score (nSPS) is 10.6. The molecular weight excluding hydrogens is 434 g/mol. The predicted octanol–water partition coefficient (Wildman–Crippen LogP) is 4.71. The Morgan fingerprint density at radius 3 is 2.56 bits per heavy atom. The van der Waals surface area contributed by atoms with Crippen LogP contribution in [-0.2, 0) is 4.79 Å². The van der Waals surface area contributed by atoms with Crippen molar-refractivity contribution in [3.8, 4) is 11.5 Å². The Morgan fingerprint density at radius 2 is 1.82 bits per heavy atom. The molecule has 3 N–H and O–H groups in total. The first-order valence-corrected chi connectivity index (χ1v) is 10.8. The van der Waals surface area contributed by atoms with E-state index in [0.717, 1.165) is 17.5 Å². The van der Waals surface area contributed by atoms with Crippen LogP contribution in [-0.4, -0.2) is 32.6 Å². The maximum atomic E-state index is 12.4. The molecule has 3 aromatic carbocycles. The number of ether oxygens (including phenoxy) is 2. The first-order valence-electron chi connectivity index (χ1n) is 10.8. The molecule has 4 aromatic rings. The van der Waals surface area contributed by atoms with Gasteiger partial charge in [0.1, 0.15) is 17.1 Å². The van der Waals surface area contributed by atoms with Crippen LogP contribution in [0.1, 0.15) is 16.8 Å². The van der Waals surface area contributed by atoms with Crippen LogP contribution in [0, 0.1) is 0 Å². The van der Waals surface area contributed by atoms with E-state index in [9.17, 15) is 9.59 Å². The van der Waals surface area contributed by atoms with Gasteiger partial charge in [-0.05, 0) is 61.0 Å². The molecule has 2 amide bonds. The summed E-state index contributed by atoms with van der Waals surface area (Å²) in [4.78, 5) is 25.5. The molecule has 8 heteroatoms. The van der Waals surface area contributed by atoms with E-state index in [2.05, 4.69) is 5.32 Å². The summed E-state index contributed by atoms with van der Waals surface area (Å²) in [6.45, 7) is 0.823. The second-order valence-electron chi connectivity index (χ2n) is 7.55. The molecule has 0 atom stereocenters. The lowest BCUT2D eigenvalue weighted by Crippen LogP contribution is -2.23. The van der Waals surface area contributed by atoms with Crippen LogP contribution in [0.15, 0.2) is 77.2 Å². The monoisotopic (exact) mass is 459 g/mol. The van der Waals surface area contributed by atoms with E-state index in [0.29, 0.717) is 53.7 Å². The van der Waals surface area contributed by atoms with Gasteiger partial charge in [-0.1, -0.05) is 12.1 Å². The zero-order valence-electron chi connectivity index (χ0n) is 18.7. The molecule has 174 valence electrons. The van der Waals surface area contributed by atoms with Crippen LogP contribution in [0.2, 0.25) is 0 Å². The van der Waals surface area contributed by atoms with Gasteiger partial charge in [0.2, 0.25) is 12.3 Å². The zero-order chi connectivity index (χ0) is 23.9. The Kier molecular flexibility index (Phi) is 6.98. The van der Waals surface area contributed by atoms with Crippen molar-refractivity contribution in [2.45, 2.75) is 6.42 Å². The Hall–Kier alpha value is -4.46. The van der Waals surface area contributed by atoms with Crippen molar-refractivity contribution in [3.63, 3.8) is 0 Å². The summed E-state index contributed by atoms with van der Waals surface area (Å²) in [5, 5.41) is 3.65. The van der Waals surface area contributed by atoms with Crippen LogP contribution < -0.4 is 25.4 Å². The molecule has 8 nitrogen and oxygen atoms in total. The molecule has 34 heavy (non-hydrogen) atoms. The van der Waals surface area contributed by atoms with Gasteiger partial charge in [-0.15, -0.1) is 0 Å². The Labute approximate surface area is 196 Å². The molecule has 0 fully saturated rings. The number of nitrogen functional groups attached to an aromatic ring is 1. The van der Waals surface area contributed by atoms with Gasteiger partial charge in [-0.3, -0.25) is 14.5 Å². The smallest absolute Gasteiger partial charge is 0.255 e. The van der Waals surface area contributed by atoms with Crippen LogP contribution in [0.25, 0.3) is 11.0 Å². The molecule has 4 rings (SSSR count). The molecule has 0 saturated heterocycles. The third kappa shape index (κ3) is 5.29. The minimum atomic E-state index is -0.255. The molecule has 0 aliphatic rings. The number of nitrogens with two attached hydrogens (primary N) is 1. The highest BCUT2D eigenvalue weighted by Crippen LogP contribution is 2.28. The average Bonchev–Trinajstić information content (AvgIpc) is 3.28. The van der Waals surface area contributed by atoms with Crippen molar-refractivity contribution < 1.29 is 23.5 Å². The number of fused-ring (bicyclic) bond motifs is 1. The van der Waals surface area contributed by atoms with E-state index in [1.54, 1.807) is 67.8 Å². The maximum Gasteiger partial charge on any atom is 0.255 e. The van der Waals surface area contributed by atoms with E-state index in [1.165, 1.54) is 4.90 Å². The lowest BCUT2D eigenvalue weighted by atomic mass is 10.2. The number of carbonyl (C=O) groups is 2. The number of benzene rings is 3. The van der Waals surface area contributed by atoms with E-state index < -0.39 is 0 Å². The van der Waals surface area contributed by atoms with Gasteiger partial charge in [0.05, 0.1) is 25.1 Å². The largest absolute Gasteiger partial charge is 0.497 e. The molecule has 0 radical (unpaired) electrons. The number of nitrogens with zero attached hydrogens (tertiary/aromatic N) is 1. The minimum absolute atomic E-state index is 0.255. The van der Waals surface area contributed by atoms with Crippen LogP contribution >= 0.6 is 0 Å². The van der Waals surface area contributed by atoms with Crippen molar-refractivity contribution >= 4 is 40.5 Å². The first-order chi connectivity index (χ1) is 16.6. The summed E-state index contributed by atoms with van der Waals surface area (Å²) in [5.74, 6) is 1.56. The molecule has 0 aliphatic heterocycles. The highest BCUT2D eigenvalue weighted by molar-refractivity contribution is 6.05. The summed E-state index contributed by atoms with van der Waals surface area (Å²) in [6.07, 6.45) is 1.33. The van der Waals surface area contributed by atoms with E-state index in [-0.39, 0.29) is 5.91 Å². The van der Waals surface area contributed by atoms with E-state index >= 15 is 0 Å². The summed E-state index contributed by atoms with van der Waals surface area (Å²) in [7, 11) is 1.60. The molecular formula is C26H25N3O5. The number of hydrogen-bond donors (Lipinski definition) is 2. The van der Waals surface area contributed by atoms with Gasteiger partial charge in [0.25, 0.3) is 5.91 Å². The van der Waals surface area contributed by atoms with Crippen LogP contribution in [0.4, 0.5) is 17.3 Å². The highest BCUT2D eigenvalue weighted by Gasteiger charge is 2.12. The molecule has 0 spiro atoms. The Bertz CT molecular complexity index is 1280. The molecule has 0 saturated carbocycles. The Balaban J connectivity index is 1.28. The minimum Gasteiger partial charge on any atom is -0.497 e. The van der Waals surface area contributed by atoms with Gasteiger partial charge in [0, 0.05) is 23.6 Å². The van der Waals surface area contributed by atoms with Gasteiger partial charge in [0.15, 0.2) is 0 Å². The third-order valence-electron chi connectivity index (χ3n) is 5.26. The number of amides is 2. The quantitative estimate of drug-likeness (QED) is 0.202. The number of carbonyl (C=O) groups excluding carboxylic acids is 2. The van der Waals surface area contributed by atoms with Gasteiger partial charge >= 0.3 is 0 Å². The van der Waals surface area contributed by atoms with Gasteiger partial charge in [-0.25, -0.2) is 0 Å². The first kappa shape index (κ1) is 22.7. The lowest BCUT2D eigenvalue weighted by molar-refractivity contribution is -0.107. The highest BCUT2D eigenvalue weighted by atomic mass is 16.5. The third-order valence-corrected chi connectivity index (χ3v) is 5.26. The molecule has 0 aliphatic carbocycles. The number of para-hydroxylation sites is 2. The summed E-state index contributed by atoms with van der Waals surface area (Å²) in [5.41, 5.74) is 8.10. The number of hydrogen-bond acceptors (Lipinski definition) is 6. The SMILES string of the molecule is COc1ccc2oc(N(C=O)CCCOc3ccc(C(=O)Nc4ccccc4N)cc3)cc2c1. The lowest BCUT2D eigenvalue weighted by Gasteiger charge is -2.14. The fourth-order valence-electron chi connectivity index (χ4n) is 3.42. The Morgan fingerprint density at radius 1 is 1.06 bits per heavy atom. The fraction of sp³-hybridized carbons (Fsp3) is 0.154. The van der Waals surface area contributed by atoms with Gasteiger partial charge < -0.3 is 24.9 Å². The number of rotatable bonds is 10. The van der Waals surface area contributed by atoms with Crippen molar-refractivity contribution in [3.05, 3.63) is 78.4 Å². The second kappa shape index (κ2) is 10.4. The van der Waals surface area contributed by atoms with Crippen molar-refractivity contribution in [2.75, 3.05) is 36.2 Å². The second-order valence-corrected chi connectivity index (χ2v) is 7.55. The summed E-state index contributed by atoms with van der Waals surface area (Å²) >= 11 is 0. The predicted molar refractivity (Wildman–Crippen MR) is 132 cm³/mol. The van der Waals surface area contributed by atoms with E-state index in [1.807, 2.05) is 12.1 Å². The topological polar surface area (TPSA) is 107 Å². The van der Waals surface area contributed by atoms with Gasteiger partial charge in [-0.2, -0.15) is 0 Å². The number of methoxy groups -OCH3 is 1. The van der Waals surface area contributed by atoms with Crippen molar-refractivity contribution in [2.24, 2.45) is 0 Å². The number of anilines is 3. The summed E-state index contributed by atoms with van der Waals surface area (Å²) < 4.78 is 16.8. The average molecular weight is 460 g/mol. The van der Waals surface area contributed by atoms with Crippen molar-refractivity contribution in [1.82, 2.24) is 0 Å². The zero-order valence-corrected chi connectivity index (χ0v) is 18.7. The van der Waals surface area contributed by atoms with Crippen LogP contribution in [0.3, 0.4) is 0 Å². The fourth-order valence-corrected chi connectivity index (χ4v) is 3.42. The maximum absolute atomic E-state index is 12.4. The van der Waals surface area contributed by atoms with Crippen molar-refractivity contribution in [1.29, 1.82) is 0 Å². The molecule has 0 unspecified atom stereocenters.